The Hall–Kier alpha value is -1.88. The molecule has 5 heteroatoms. The van der Waals surface area contributed by atoms with Crippen molar-refractivity contribution in [1.82, 2.24) is 10.6 Å². The lowest BCUT2D eigenvalue weighted by Gasteiger charge is -2.12. The van der Waals surface area contributed by atoms with Crippen molar-refractivity contribution in [2.24, 2.45) is 5.73 Å². The van der Waals surface area contributed by atoms with Crippen molar-refractivity contribution in [2.45, 2.75) is 31.3 Å². The summed E-state index contributed by atoms with van der Waals surface area (Å²) in [7, 11) is 0. The average molecular weight is 261 g/mol. The van der Waals surface area contributed by atoms with Gasteiger partial charge in [-0.2, -0.15) is 0 Å². The molecule has 0 unspecified atom stereocenters. The Morgan fingerprint density at radius 3 is 2.58 bits per heavy atom. The molecule has 1 atom stereocenters. The number of carbonyl (C=O) groups excluding carboxylic acids is 2. The Balaban J connectivity index is 1.70. The van der Waals surface area contributed by atoms with E-state index in [9.17, 15) is 9.59 Å². The molecule has 0 radical (unpaired) electrons. The maximum atomic E-state index is 11.8. The lowest BCUT2D eigenvalue weighted by atomic mass is 10.1. The summed E-state index contributed by atoms with van der Waals surface area (Å²) in [4.78, 5) is 23.2. The molecule has 1 aromatic rings. The van der Waals surface area contributed by atoms with Gasteiger partial charge in [0, 0.05) is 19.0 Å². The van der Waals surface area contributed by atoms with Crippen LogP contribution >= 0.6 is 0 Å². The molecular formula is C14H19N3O2. The zero-order valence-electron chi connectivity index (χ0n) is 10.8. The van der Waals surface area contributed by atoms with Crippen molar-refractivity contribution in [3.63, 3.8) is 0 Å². The predicted molar refractivity (Wildman–Crippen MR) is 72.2 cm³/mol. The Morgan fingerprint density at radius 2 is 1.95 bits per heavy atom. The molecule has 0 bridgehead atoms. The molecular weight excluding hydrogens is 242 g/mol. The maximum Gasteiger partial charge on any atom is 0.241 e. The summed E-state index contributed by atoms with van der Waals surface area (Å²) in [6, 6.07) is 8.84. The lowest BCUT2D eigenvalue weighted by Crippen LogP contribution is -2.37. The quantitative estimate of drug-likeness (QED) is 0.696. The minimum atomic E-state index is -0.687. The van der Waals surface area contributed by atoms with Crippen LogP contribution in [0.1, 0.15) is 30.9 Å². The standard InChI is InChI=1S/C14H19N3O2/c15-13(10-4-2-1-3-5-10)14(19)16-9-8-12(18)17-11-6-7-11/h1-5,11,13H,6-9,15H2,(H,16,19)(H,17,18)/t13-/m0/s1. The van der Waals surface area contributed by atoms with Gasteiger partial charge in [-0.15, -0.1) is 0 Å². The van der Waals surface area contributed by atoms with Crippen LogP contribution in [-0.4, -0.2) is 24.4 Å². The van der Waals surface area contributed by atoms with Crippen molar-refractivity contribution in [2.75, 3.05) is 6.54 Å². The predicted octanol–water partition coefficient (Wildman–Crippen LogP) is 0.471. The Bertz CT molecular complexity index is 443. The molecule has 0 saturated heterocycles. The highest BCUT2D eigenvalue weighted by Gasteiger charge is 2.23. The second-order valence-corrected chi connectivity index (χ2v) is 4.77. The van der Waals surface area contributed by atoms with Gasteiger partial charge in [0.25, 0.3) is 0 Å². The number of nitrogens with two attached hydrogens (primary N) is 1. The third kappa shape index (κ3) is 4.37. The number of hydrogen-bond acceptors (Lipinski definition) is 3. The van der Waals surface area contributed by atoms with Crippen LogP contribution in [0.4, 0.5) is 0 Å². The minimum Gasteiger partial charge on any atom is -0.354 e. The van der Waals surface area contributed by atoms with Crippen LogP contribution in [-0.2, 0) is 9.59 Å². The van der Waals surface area contributed by atoms with Crippen LogP contribution in [0.15, 0.2) is 30.3 Å². The molecule has 1 saturated carbocycles. The van der Waals surface area contributed by atoms with Crippen molar-refractivity contribution in [1.29, 1.82) is 0 Å². The van der Waals surface area contributed by atoms with Crippen molar-refractivity contribution in [3.05, 3.63) is 35.9 Å². The Labute approximate surface area is 112 Å². The first kappa shape index (κ1) is 13.5. The van der Waals surface area contributed by atoms with Gasteiger partial charge in [-0.05, 0) is 18.4 Å². The number of rotatable bonds is 6. The van der Waals surface area contributed by atoms with E-state index in [0.717, 1.165) is 18.4 Å². The normalized spacial score (nSPS) is 15.6. The van der Waals surface area contributed by atoms with Crippen LogP contribution in [0.25, 0.3) is 0 Å². The third-order valence-corrected chi connectivity index (χ3v) is 3.03. The monoisotopic (exact) mass is 261 g/mol. The highest BCUT2D eigenvalue weighted by atomic mass is 16.2. The van der Waals surface area contributed by atoms with Crippen molar-refractivity contribution >= 4 is 11.8 Å². The van der Waals surface area contributed by atoms with Gasteiger partial charge >= 0.3 is 0 Å². The van der Waals surface area contributed by atoms with E-state index >= 15 is 0 Å². The van der Waals surface area contributed by atoms with E-state index in [0.29, 0.717) is 19.0 Å². The van der Waals surface area contributed by atoms with Crippen LogP contribution in [0, 0.1) is 0 Å². The molecule has 4 N–H and O–H groups in total. The van der Waals surface area contributed by atoms with Crippen molar-refractivity contribution in [3.8, 4) is 0 Å². The molecule has 5 nitrogen and oxygen atoms in total. The molecule has 0 aromatic heterocycles. The molecule has 1 aromatic carbocycles. The van der Waals surface area contributed by atoms with Crippen LogP contribution in [0.3, 0.4) is 0 Å². The average Bonchev–Trinajstić information content (AvgIpc) is 3.22. The number of carbonyl (C=O) groups is 2. The largest absolute Gasteiger partial charge is 0.354 e. The highest BCUT2D eigenvalue weighted by Crippen LogP contribution is 2.18. The molecule has 0 heterocycles. The van der Waals surface area contributed by atoms with Gasteiger partial charge in [-0.25, -0.2) is 0 Å². The van der Waals surface area contributed by atoms with Crippen molar-refractivity contribution < 1.29 is 9.59 Å². The van der Waals surface area contributed by atoms with Gasteiger partial charge in [0.15, 0.2) is 0 Å². The molecule has 19 heavy (non-hydrogen) atoms. The van der Waals surface area contributed by atoms with Gasteiger partial charge in [0.05, 0.1) is 0 Å². The Morgan fingerprint density at radius 1 is 1.26 bits per heavy atom. The fraction of sp³-hybridized carbons (Fsp3) is 0.429. The van der Waals surface area contributed by atoms with Gasteiger partial charge in [0.2, 0.25) is 11.8 Å². The molecule has 0 spiro atoms. The van der Waals surface area contributed by atoms with Crippen LogP contribution in [0.2, 0.25) is 0 Å². The fourth-order valence-electron chi connectivity index (χ4n) is 1.75. The smallest absolute Gasteiger partial charge is 0.241 e. The molecule has 1 aliphatic carbocycles. The second kappa shape index (κ2) is 6.33. The van der Waals surface area contributed by atoms with Gasteiger partial charge in [0.1, 0.15) is 6.04 Å². The van der Waals surface area contributed by atoms with Gasteiger partial charge in [-0.3, -0.25) is 9.59 Å². The summed E-state index contributed by atoms with van der Waals surface area (Å²) in [5.74, 6) is -0.276. The maximum absolute atomic E-state index is 11.8. The summed E-state index contributed by atoms with van der Waals surface area (Å²) >= 11 is 0. The number of nitrogens with one attached hydrogen (secondary N) is 2. The highest BCUT2D eigenvalue weighted by molar-refractivity contribution is 5.83. The second-order valence-electron chi connectivity index (χ2n) is 4.77. The van der Waals surface area contributed by atoms with E-state index in [2.05, 4.69) is 10.6 Å². The lowest BCUT2D eigenvalue weighted by molar-refractivity contribution is -0.123. The summed E-state index contributed by atoms with van der Waals surface area (Å²) in [6.45, 7) is 0.317. The number of amides is 2. The van der Waals surface area contributed by atoms with Gasteiger partial charge in [-0.1, -0.05) is 30.3 Å². The molecule has 102 valence electrons. The summed E-state index contributed by atoms with van der Waals surface area (Å²) in [5, 5.41) is 5.55. The van der Waals surface area contributed by atoms with Crippen LogP contribution < -0.4 is 16.4 Å². The van der Waals surface area contributed by atoms with E-state index in [-0.39, 0.29) is 11.8 Å². The summed E-state index contributed by atoms with van der Waals surface area (Å²) in [5.41, 5.74) is 6.60. The van der Waals surface area contributed by atoms with E-state index in [1.165, 1.54) is 0 Å². The molecule has 2 amide bonds. The van der Waals surface area contributed by atoms with Gasteiger partial charge < -0.3 is 16.4 Å². The molecule has 0 aliphatic heterocycles. The zero-order chi connectivity index (χ0) is 13.7. The fourth-order valence-corrected chi connectivity index (χ4v) is 1.75. The Kier molecular flexibility index (Phi) is 4.52. The minimum absolute atomic E-state index is 0.0175. The summed E-state index contributed by atoms with van der Waals surface area (Å²) < 4.78 is 0. The first-order chi connectivity index (χ1) is 9.16. The zero-order valence-corrected chi connectivity index (χ0v) is 10.8. The first-order valence-corrected chi connectivity index (χ1v) is 6.54. The van der Waals surface area contributed by atoms with E-state index < -0.39 is 6.04 Å². The molecule has 1 fully saturated rings. The molecule has 1 aliphatic rings. The number of benzene rings is 1. The third-order valence-electron chi connectivity index (χ3n) is 3.03. The van der Waals surface area contributed by atoms with E-state index in [1.807, 2.05) is 30.3 Å². The SMILES string of the molecule is N[C@H](C(=O)NCCC(=O)NC1CC1)c1ccccc1. The first-order valence-electron chi connectivity index (χ1n) is 6.54. The van der Waals surface area contributed by atoms with Crippen LogP contribution in [0.5, 0.6) is 0 Å². The van der Waals surface area contributed by atoms with E-state index in [4.69, 9.17) is 5.73 Å². The number of hydrogen-bond donors (Lipinski definition) is 3. The topological polar surface area (TPSA) is 84.2 Å². The summed E-state index contributed by atoms with van der Waals surface area (Å²) in [6.07, 6.45) is 2.43. The molecule has 2 rings (SSSR count). The van der Waals surface area contributed by atoms with E-state index in [1.54, 1.807) is 0 Å².